The summed E-state index contributed by atoms with van der Waals surface area (Å²) in [5, 5.41) is 20.5. The number of benzene rings is 6. The highest BCUT2D eigenvalue weighted by atomic mass is 32.2. The molecule has 0 saturated heterocycles. The molecule has 2 aliphatic rings. The molecular formula is C57H40N6O11S2. The maximum Gasteiger partial charge on any atom is 0.519 e. The Bertz CT molecular complexity index is 3720. The number of rotatable bonds is 14. The van der Waals surface area contributed by atoms with Gasteiger partial charge in [-0.2, -0.15) is 10.5 Å². The van der Waals surface area contributed by atoms with Crippen LogP contribution in [0.5, 0.6) is 23.3 Å². The Hall–Kier alpha value is -9.69. The van der Waals surface area contributed by atoms with Crippen LogP contribution in [0.15, 0.2) is 192 Å². The molecule has 6 aromatic carbocycles. The smallest absolute Gasteiger partial charge is 0.478 e. The number of ether oxygens (including phenoxy) is 4. The first-order valence-electron chi connectivity index (χ1n) is 23.4. The molecule has 10 rings (SSSR count). The lowest BCUT2D eigenvalue weighted by molar-refractivity contribution is -0.120. The molecule has 2 atom stereocenters. The lowest BCUT2D eigenvalue weighted by Gasteiger charge is -2.32. The number of carbonyl (C=O) groups is 3. The van der Waals surface area contributed by atoms with Crippen molar-refractivity contribution in [2.45, 2.75) is 34.5 Å². The average molecular weight is 1050 g/mol. The van der Waals surface area contributed by atoms with Gasteiger partial charge in [-0.1, -0.05) is 84.9 Å². The van der Waals surface area contributed by atoms with Crippen LogP contribution in [0.25, 0.3) is 0 Å². The van der Waals surface area contributed by atoms with Crippen LogP contribution in [0.4, 0.5) is 16.2 Å². The van der Waals surface area contributed by atoms with Crippen molar-refractivity contribution in [3.63, 3.8) is 0 Å². The zero-order valence-electron chi connectivity index (χ0n) is 40.2. The fourth-order valence-electron chi connectivity index (χ4n) is 9.91. The van der Waals surface area contributed by atoms with Gasteiger partial charge in [0.2, 0.25) is 11.8 Å². The summed E-state index contributed by atoms with van der Waals surface area (Å²) >= 11 is 0. The number of hydrogen-bond donors (Lipinski definition) is 0. The average Bonchev–Trinajstić information content (AvgIpc) is 4.09. The van der Waals surface area contributed by atoms with E-state index in [2.05, 4.69) is 22.1 Å². The zero-order valence-corrected chi connectivity index (χ0v) is 41.9. The fraction of sp³-hybridized carbons (Fsp3) is 0.105. The molecule has 4 heterocycles. The molecule has 76 heavy (non-hydrogen) atoms. The highest BCUT2D eigenvalue weighted by Crippen LogP contribution is 2.58. The van der Waals surface area contributed by atoms with E-state index in [0.29, 0.717) is 8.61 Å². The number of anilines is 2. The quantitative estimate of drug-likeness (QED) is 0.0731. The van der Waals surface area contributed by atoms with E-state index in [1.54, 1.807) is 26.0 Å². The first-order chi connectivity index (χ1) is 36.8. The number of nitriles is 2. The van der Waals surface area contributed by atoms with Crippen LogP contribution in [0, 0.1) is 22.7 Å². The van der Waals surface area contributed by atoms with Crippen LogP contribution in [0.2, 0.25) is 0 Å². The van der Waals surface area contributed by atoms with Gasteiger partial charge in [0.15, 0.2) is 0 Å². The summed E-state index contributed by atoms with van der Waals surface area (Å²) < 4.78 is 84.8. The summed E-state index contributed by atoms with van der Waals surface area (Å²) in [5.74, 6) is -2.91. The van der Waals surface area contributed by atoms with Gasteiger partial charge in [0.25, 0.3) is 31.9 Å². The van der Waals surface area contributed by atoms with Gasteiger partial charge in [-0.25, -0.2) is 40.2 Å². The van der Waals surface area contributed by atoms with Crippen molar-refractivity contribution >= 4 is 49.4 Å². The first kappa shape index (κ1) is 49.9. The third-order valence-corrected chi connectivity index (χ3v) is 16.4. The van der Waals surface area contributed by atoms with Crippen molar-refractivity contribution in [2.24, 2.45) is 0 Å². The van der Waals surface area contributed by atoms with Gasteiger partial charge in [-0.05, 0) is 98.8 Å². The maximum atomic E-state index is 15.9. The zero-order chi connectivity index (χ0) is 53.4. The predicted octanol–water partition coefficient (Wildman–Crippen LogP) is 8.73. The molecule has 0 aliphatic carbocycles. The summed E-state index contributed by atoms with van der Waals surface area (Å²) in [7, 11) is -9.42. The summed E-state index contributed by atoms with van der Waals surface area (Å²) in [5.41, 5.74) is -4.76. The van der Waals surface area contributed by atoms with Crippen molar-refractivity contribution in [2.75, 3.05) is 21.8 Å². The van der Waals surface area contributed by atoms with Gasteiger partial charge in [-0.3, -0.25) is 9.59 Å². The molecule has 376 valence electrons. The van der Waals surface area contributed by atoms with E-state index in [4.69, 9.17) is 18.9 Å². The topological polar surface area (TPSA) is 236 Å². The van der Waals surface area contributed by atoms with Crippen LogP contribution in [-0.4, -0.2) is 58.0 Å². The summed E-state index contributed by atoms with van der Waals surface area (Å²) in [4.78, 5) is 55.1. The van der Waals surface area contributed by atoms with Crippen LogP contribution in [0.1, 0.15) is 58.4 Å². The molecule has 2 aromatic heterocycles. The fourth-order valence-corrected chi connectivity index (χ4v) is 12.9. The normalized spacial score (nSPS) is 16.7. The second-order valence-electron chi connectivity index (χ2n) is 17.0. The molecule has 0 fully saturated rings. The van der Waals surface area contributed by atoms with Crippen molar-refractivity contribution < 1.29 is 50.2 Å². The van der Waals surface area contributed by atoms with E-state index in [-0.39, 0.29) is 102 Å². The molecule has 2 aliphatic heterocycles. The number of amides is 2. The molecule has 0 N–H and O–H groups in total. The van der Waals surface area contributed by atoms with Crippen molar-refractivity contribution in [1.82, 2.24) is 9.97 Å². The number of pyridine rings is 2. The number of hydrogen-bond acceptors (Lipinski definition) is 15. The Kier molecular flexibility index (Phi) is 12.9. The molecule has 8 aromatic rings. The predicted molar refractivity (Wildman–Crippen MR) is 275 cm³/mol. The summed E-state index contributed by atoms with van der Waals surface area (Å²) in [6.45, 7) is 3.50. The molecule has 19 heteroatoms. The molecular weight excluding hydrogens is 1010 g/mol. The Morgan fingerprint density at radius 3 is 1.25 bits per heavy atom. The van der Waals surface area contributed by atoms with Gasteiger partial charge in [0, 0.05) is 45.8 Å². The highest BCUT2D eigenvalue weighted by molar-refractivity contribution is 7.94. The van der Waals surface area contributed by atoms with E-state index >= 15 is 9.59 Å². The van der Waals surface area contributed by atoms with Gasteiger partial charge in [0.05, 0.1) is 57.6 Å². The van der Waals surface area contributed by atoms with Crippen LogP contribution in [-0.2, 0) is 40.5 Å². The van der Waals surface area contributed by atoms with Crippen LogP contribution in [0.3, 0.4) is 0 Å². The molecule has 2 unspecified atom stereocenters. The molecule has 0 radical (unpaired) electrons. The van der Waals surface area contributed by atoms with Crippen molar-refractivity contribution in [3.05, 3.63) is 227 Å². The first-order valence-corrected chi connectivity index (χ1v) is 26.3. The van der Waals surface area contributed by atoms with E-state index in [0.717, 1.165) is 0 Å². The van der Waals surface area contributed by atoms with E-state index < -0.39 is 48.8 Å². The Morgan fingerprint density at radius 1 is 0.500 bits per heavy atom. The summed E-state index contributed by atoms with van der Waals surface area (Å²) in [6.07, 6.45) is 1.41. The number of carbonyl (C=O) groups excluding carboxylic acids is 3. The monoisotopic (exact) mass is 1050 g/mol. The number of fused-ring (bicyclic) bond motifs is 2. The minimum atomic E-state index is -4.71. The summed E-state index contributed by atoms with van der Waals surface area (Å²) in [6, 6.07) is 44.8. The molecule has 2 amide bonds. The number of para-hydroxylation sites is 2. The lowest BCUT2D eigenvalue weighted by atomic mass is 9.69. The Labute approximate surface area is 436 Å². The second-order valence-corrected chi connectivity index (χ2v) is 20.6. The third-order valence-electron chi connectivity index (χ3n) is 13.0. The molecule has 0 bridgehead atoms. The van der Waals surface area contributed by atoms with Gasteiger partial charge >= 0.3 is 6.16 Å². The molecule has 17 nitrogen and oxygen atoms in total. The largest absolute Gasteiger partial charge is 0.519 e. The van der Waals surface area contributed by atoms with Crippen LogP contribution >= 0.6 is 0 Å². The minimum absolute atomic E-state index is 0.00782. The SMILES string of the molecule is CCOc1ncccc1C1(c2ccccc2OC(=O)Oc2ccccc2C2(c3cccnc3OCC)C(=O)N(S(=O)(=O)c3ccccc3)c3ccc(C#N)cc32)C(=O)N(S(=O)(=O)c2ccccc2)c2ccc(C#N)cc21. The van der Waals surface area contributed by atoms with E-state index in [1.165, 1.54) is 170 Å². The van der Waals surface area contributed by atoms with Crippen molar-refractivity contribution in [1.29, 1.82) is 10.5 Å². The Morgan fingerprint density at radius 2 is 0.868 bits per heavy atom. The standard InChI is InChI=1S/C57H40N6O11S2/c1-3-71-51-43(23-15-31-60-51)56(45-33-37(35-58)27-29-47(45)62(53(56)64)75(67,68)39-17-7-5-8-18-39)41-21-11-13-25-49(41)73-55(66)74-50-26-14-12-22-42(50)57(44-24-16-32-61-52(44)72-4-2)46-34-38(36-59)28-30-48(46)63(54(57)65)76(69,70)40-19-9-6-10-20-40/h5-34H,3-4H2,1-2H3. The van der Waals surface area contributed by atoms with Crippen LogP contribution < -0.4 is 27.6 Å². The lowest BCUT2D eigenvalue weighted by Crippen LogP contribution is -2.45. The number of aromatic nitrogens is 2. The molecule has 0 saturated carbocycles. The van der Waals surface area contributed by atoms with Gasteiger partial charge < -0.3 is 18.9 Å². The third kappa shape index (κ3) is 7.76. The van der Waals surface area contributed by atoms with Crippen molar-refractivity contribution in [3.8, 4) is 35.4 Å². The second kappa shape index (κ2) is 19.6. The highest BCUT2D eigenvalue weighted by Gasteiger charge is 2.61. The minimum Gasteiger partial charge on any atom is -0.478 e. The number of sulfonamides is 2. The van der Waals surface area contributed by atoms with Gasteiger partial charge in [0.1, 0.15) is 22.3 Å². The van der Waals surface area contributed by atoms with E-state index in [9.17, 15) is 32.2 Å². The maximum absolute atomic E-state index is 15.9. The van der Waals surface area contributed by atoms with E-state index in [1.807, 2.05) is 0 Å². The molecule has 0 spiro atoms. The van der Waals surface area contributed by atoms with Gasteiger partial charge in [-0.15, -0.1) is 0 Å². The Balaban J connectivity index is 1.16. The number of nitrogens with zero attached hydrogens (tertiary/aromatic N) is 6.